The van der Waals surface area contributed by atoms with Gasteiger partial charge in [0.1, 0.15) is 16.9 Å². The molecule has 0 aliphatic carbocycles. The summed E-state index contributed by atoms with van der Waals surface area (Å²) in [5, 5.41) is 15.4. The zero-order valence-corrected chi connectivity index (χ0v) is 18.9. The molecule has 0 aliphatic heterocycles. The first-order chi connectivity index (χ1) is 15.4. The van der Waals surface area contributed by atoms with Crippen LogP contribution in [-0.4, -0.2) is 38.2 Å². The molecular formula is C25H25N5OS. The van der Waals surface area contributed by atoms with Gasteiger partial charge >= 0.3 is 0 Å². The van der Waals surface area contributed by atoms with Crippen LogP contribution in [0, 0.1) is 11.8 Å². The quantitative estimate of drug-likeness (QED) is 0.392. The monoisotopic (exact) mass is 443 g/mol. The highest BCUT2D eigenvalue weighted by atomic mass is 32.1. The average Bonchev–Trinajstić information content (AvgIpc) is 3.20. The van der Waals surface area contributed by atoms with Crippen molar-refractivity contribution in [3.8, 4) is 23.2 Å². The van der Waals surface area contributed by atoms with Crippen molar-refractivity contribution in [2.45, 2.75) is 31.9 Å². The van der Waals surface area contributed by atoms with Gasteiger partial charge in [-0.05, 0) is 38.0 Å². The van der Waals surface area contributed by atoms with Crippen molar-refractivity contribution in [3.05, 3.63) is 71.4 Å². The predicted molar refractivity (Wildman–Crippen MR) is 130 cm³/mol. The number of hydrogen-bond acceptors (Lipinski definition) is 7. The maximum absolute atomic E-state index is 10.0. The summed E-state index contributed by atoms with van der Waals surface area (Å²) < 4.78 is 0.912. The molecule has 1 atom stereocenters. The van der Waals surface area contributed by atoms with Crippen LogP contribution in [0.5, 0.6) is 0 Å². The highest BCUT2D eigenvalue weighted by molar-refractivity contribution is 7.18. The summed E-state index contributed by atoms with van der Waals surface area (Å²) in [7, 11) is 0. The molecule has 4 aromatic rings. The molecule has 0 radical (unpaired) electrons. The molecule has 1 aromatic carbocycles. The van der Waals surface area contributed by atoms with Crippen molar-refractivity contribution in [1.82, 2.24) is 15.0 Å². The SMILES string of the molecule is CC(C)(O)C#Cc1csc2c(NC[C@@H](N)Cc3ccccc3)nc(-c3ccncc3)nc12. The molecule has 0 aliphatic rings. The molecule has 0 amide bonds. The maximum Gasteiger partial charge on any atom is 0.162 e. The first-order valence-electron chi connectivity index (χ1n) is 10.4. The van der Waals surface area contributed by atoms with Crippen LogP contribution >= 0.6 is 11.3 Å². The van der Waals surface area contributed by atoms with Crippen molar-refractivity contribution < 1.29 is 5.11 Å². The van der Waals surface area contributed by atoms with Crippen LogP contribution in [0.1, 0.15) is 25.0 Å². The summed E-state index contributed by atoms with van der Waals surface area (Å²) in [6.07, 6.45) is 4.20. The first kappa shape index (κ1) is 21.9. The van der Waals surface area contributed by atoms with E-state index in [1.165, 1.54) is 16.9 Å². The summed E-state index contributed by atoms with van der Waals surface area (Å²) in [4.78, 5) is 13.6. The van der Waals surface area contributed by atoms with Crippen molar-refractivity contribution in [1.29, 1.82) is 0 Å². The Bertz CT molecular complexity index is 1250. The third-order valence-corrected chi connectivity index (χ3v) is 5.71. The number of anilines is 1. The standard InChI is InChI=1S/C25H25N5OS/c1-25(2,31)11-8-19-16-32-22-21(19)29-23(18-9-12-27-13-10-18)30-24(22)28-15-20(26)14-17-6-4-3-5-7-17/h3-7,9-10,12-13,16,20,31H,14-15,26H2,1-2H3,(H,28,29,30)/t20-/m0/s1. The minimum atomic E-state index is -1.08. The fraction of sp³-hybridized carbons (Fsp3) is 0.240. The number of aromatic nitrogens is 3. The largest absolute Gasteiger partial charge is 0.378 e. The van der Waals surface area contributed by atoms with E-state index in [2.05, 4.69) is 34.3 Å². The Morgan fingerprint density at radius 2 is 1.88 bits per heavy atom. The molecule has 0 fully saturated rings. The number of nitrogens with zero attached hydrogens (tertiary/aromatic N) is 3. The molecule has 6 nitrogen and oxygen atoms in total. The summed E-state index contributed by atoms with van der Waals surface area (Å²) in [6, 6.07) is 13.9. The minimum absolute atomic E-state index is 0.0683. The highest BCUT2D eigenvalue weighted by Gasteiger charge is 2.16. The Balaban J connectivity index is 1.67. The van der Waals surface area contributed by atoms with Crippen LogP contribution in [0.3, 0.4) is 0 Å². The minimum Gasteiger partial charge on any atom is -0.378 e. The molecule has 32 heavy (non-hydrogen) atoms. The molecular weight excluding hydrogens is 418 g/mol. The lowest BCUT2D eigenvalue weighted by molar-refractivity contribution is 0.143. The average molecular weight is 444 g/mol. The van der Waals surface area contributed by atoms with Gasteiger partial charge in [0.15, 0.2) is 5.82 Å². The zero-order valence-electron chi connectivity index (χ0n) is 18.0. The fourth-order valence-corrected chi connectivity index (χ4v) is 4.10. The van der Waals surface area contributed by atoms with Gasteiger partial charge < -0.3 is 16.2 Å². The van der Waals surface area contributed by atoms with Crippen molar-refractivity contribution in [2.75, 3.05) is 11.9 Å². The Labute approximate surface area is 191 Å². The summed E-state index contributed by atoms with van der Waals surface area (Å²) in [5.74, 6) is 7.26. The van der Waals surface area contributed by atoms with Gasteiger partial charge in [-0.15, -0.1) is 11.3 Å². The second kappa shape index (κ2) is 9.45. The lowest BCUT2D eigenvalue weighted by Crippen LogP contribution is -2.31. The number of pyridine rings is 1. The van der Waals surface area contributed by atoms with Gasteiger partial charge in [-0.3, -0.25) is 4.98 Å². The van der Waals surface area contributed by atoms with E-state index < -0.39 is 5.60 Å². The first-order valence-corrected chi connectivity index (χ1v) is 11.3. The van der Waals surface area contributed by atoms with Crippen LogP contribution < -0.4 is 11.1 Å². The highest BCUT2D eigenvalue weighted by Crippen LogP contribution is 2.32. The number of hydrogen-bond donors (Lipinski definition) is 3. The van der Waals surface area contributed by atoms with Crippen LogP contribution in [0.15, 0.2) is 60.2 Å². The second-order valence-electron chi connectivity index (χ2n) is 8.10. The molecule has 3 heterocycles. The Morgan fingerprint density at radius 1 is 1.12 bits per heavy atom. The molecule has 0 unspecified atom stereocenters. The van der Waals surface area contributed by atoms with Crippen molar-refractivity contribution in [3.63, 3.8) is 0 Å². The molecule has 162 valence electrons. The third kappa shape index (κ3) is 5.48. The van der Waals surface area contributed by atoms with Gasteiger partial charge in [0.05, 0.1) is 10.3 Å². The Hall–Kier alpha value is -3.31. The van der Waals surface area contributed by atoms with Crippen LogP contribution in [-0.2, 0) is 6.42 Å². The van der Waals surface area contributed by atoms with Crippen molar-refractivity contribution >= 4 is 27.4 Å². The van der Waals surface area contributed by atoms with Crippen LogP contribution in [0.4, 0.5) is 5.82 Å². The van der Waals surface area contributed by atoms with E-state index in [0.29, 0.717) is 12.4 Å². The van der Waals surface area contributed by atoms with Gasteiger partial charge in [0.25, 0.3) is 0 Å². The summed E-state index contributed by atoms with van der Waals surface area (Å²) in [6.45, 7) is 3.89. The Morgan fingerprint density at radius 3 is 2.59 bits per heavy atom. The zero-order chi connectivity index (χ0) is 22.6. The molecule has 3 aromatic heterocycles. The van der Waals surface area contributed by atoms with E-state index >= 15 is 0 Å². The van der Waals surface area contributed by atoms with Crippen molar-refractivity contribution in [2.24, 2.45) is 5.73 Å². The van der Waals surface area contributed by atoms with Gasteiger partial charge in [-0.2, -0.15) is 0 Å². The third-order valence-electron chi connectivity index (χ3n) is 4.73. The lowest BCUT2D eigenvalue weighted by Gasteiger charge is -2.14. The van der Waals surface area contributed by atoms with E-state index in [1.807, 2.05) is 35.7 Å². The van der Waals surface area contributed by atoms with Crippen LogP contribution in [0.2, 0.25) is 0 Å². The summed E-state index contributed by atoms with van der Waals surface area (Å²) in [5.41, 5.74) is 8.89. The lowest BCUT2D eigenvalue weighted by atomic mass is 10.1. The predicted octanol–water partition coefficient (Wildman–Crippen LogP) is 3.86. The van der Waals surface area contributed by atoms with E-state index in [4.69, 9.17) is 15.7 Å². The van der Waals surface area contributed by atoms with Gasteiger partial charge in [0.2, 0.25) is 0 Å². The Kier molecular flexibility index (Phi) is 6.47. The van der Waals surface area contributed by atoms with E-state index in [1.54, 1.807) is 26.2 Å². The molecule has 0 spiro atoms. The molecule has 0 saturated carbocycles. The normalized spacial score (nSPS) is 12.2. The van der Waals surface area contributed by atoms with Gasteiger partial charge in [-0.25, -0.2) is 9.97 Å². The van der Waals surface area contributed by atoms with E-state index in [-0.39, 0.29) is 6.04 Å². The van der Waals surface area contributed by atoms with E-state index in [0.717, 1.165) is 33.6 Å². The second-order valence-corrected chi connectivity index (χ2v) is 8.98. The molecule has 0 saturated heterocycles. The summed E-state index contributed by atoms with van der Waals surface area (Å²) >= 11 is 1.53. The number of fused-ring (bicyclic) bond motifs is 1. The van der Waals surface area contributed by atoms with Gasteiger partial charge in [-0.1, -0.05) is 42.2 Å². The number of nitrogens with two attached hydrogens (primary N) is 1. The molecule has 7 heteroatoms. The molecule has 4 rings (SSSR count). The smallest absolute Gasteiger partial charge is 0.162 e. The maximum atomic E-state index is 10.0. The fourth-order valence-electron chi connectivity index (χ4n) is 3.19. The van der Waals surface area contributed by atoms with Gasteiger partial charge in [0, 0.05) is 35.9 Å². The number of aliphatic hydroxyl groups is 1. The number of benzene rings is 1. The van der Waals surface area contributed by atoms with E-state index in [9.17, 15) is 5.11 Å². The molecule has 4 N–H and O–H groups in total. The topological polar surface area (TPSA) is 97.0 Å². The number of rotatable bonds is 6. The number of thiophene rings is 1. The molecule has 0 bridgehead atoms. The van der Waals surface area contributed by atoms with Crippen LogP contribution in [0.25, 0.3) is 21.6 Å². The number of nitrogens with one attached hydrogen (secondary N) is 1.